The summed E-state index contributed by atoms with van der Waals surface area (Å²) >= 11 is 0. The first-order chi connectivity index (χ1) is 54.4. The van der Waals surface area contributed by atoms with E-state index in [9.17, 15) is 0 Å². The van der Waals surface area contributed by atoms with E-state index in [2.05, 4.69) is 406 Å². The summed E-state index contributed by atoms with van der Waals surface area (Å²) in [7, 11) is 0. The first kappa shape index (κ1) is 64.9. The summed E-state index contributed by atoms with van der Waals surface area (Å²) in [5.41, 5.74) is 24.4. The summed E-state index contributed by atoms with van der Waals surface area (Å²) in [5, 5.41) is 31.6. The van der Waals surface area contributed by atoms with Gasteiger partial charge in [0.25, 0.3) is 0 Å². The Morgan fingerprint density at radius 1 is 0.135 bits per heavy atom. The van der Waals surface area contributed by atoms with Gasteiger partial charge in [-0.3, -0.25) is 0 Å². The predicted octanol–water partition coefficient (Wildman–Crippen LogP) is 30.8. The van der Waals surface area contributed by atoms with E-state index in [0.29, 0.717) is 0 Å². The highest BCUT2D eigenvalue weighted by atomic mass is 14.4. The molecule has 0 heteroatoms. The topological polar surface area (TPSA) is 0 Å². The van der Waals surface area contributed by atoms with Gasteiger partial charge < -0.3 is 0 Å². The van der Waals surface area contributed by atoms with Crippen molar-refractivity contribution in [2.24, 2.45) is 0 Å². The highest BCUT2D eigenvalue weighted by Gasteiger charge is 2.38. The third-order valence-corrected chi connectivity index (χ3v) is 25.9. The minimum Gasteiger partial charge on any atom is -0.0619 e. The predicted molar refractivity (Wildman–Crippen MR) is 478 cm³/mol. The first-order valence-electron chi connectivity index (χ1n) is 39.4. The molecule has 0 aromatic heterocycles. The lowest BCUT2D eigenvalue weighted by atomic mass is 9.81. The summed E-state index contributed by atoms with van der Waals surface area (Å²) in [6.07, 6.45) is 0. The third-order valence-electron chi connectivity index (χ3n) is 25.9. The van der Waals surface area contributed by atoms with Gasteiger partial charge in [0, 0.05) is 16.2 Å². The molecule has 0 unspecified atom stereocenters. The average molecular weight is 1410 g/mol. The molecule has 21 aromatic rings. The summed E-state index contributed by atoms with van der Waals surface area (Å²) in [6.45, 7) is 14.2. The van der Waals surface area contributed by atoms with Crippen molar-refractivity contribution in [1.29, 1.82) is 0 Å². The molecule has 0 radical (unpaired) electrons. The number of hydrogen-bond donors (Lipinski definition) is 0. The molecule has 3 aliphatic carbocycles. The Morgan fingerprint density at radius 3 is 0.802 bits per heavy atom. The van der Waals surface area contributed by atoms with Crippen LogP contribution in [-0.2, 0) is 16.2 Å². The molecule has 0 nitrogen and oxygen atoms in total. The number of fused-ring (bicyclic) bond motifs is 32. The van der Waals surface area contributed by atoms with Gasteiger partial charge in [-0.2, -0.15) is 0 Å². The van der Waals surface area contributed by atoms with Crippen LogP contribution in [-0.4, -0.2) is 0 Å². The van der Waals surface area contributed by atoms with Crippen LogP contribution in [0.2, 0.25) is 0 Å². The van der Waals surface area contributed by atoms with Crippen molar-refractivity contribution in [3.63, 3.8) is 0 Å². The monoisotopic (exact) mass is 1410 g/mol. The third kappa shape index (κ3) is 9.60. The molecule has 0 saturated carbocycles. The molecule has 111 heavy (non-hydrogen) atoms. The van der Waals surface area contributed by atoms with Crippen LogP contribution in [0.25, 0.3) is 196 Å². The van der Waals surface area contributed by atoms with Gasteiger partial charge in [-0.25, -0.2) is 0 Å². The van der Waals surface area contributed by atoms with Crippen molar-refractivity contribution >= 4 is 129 Å². The first-order valence-corrected chi connectivity index (χ1v) is 39.4. The highest BCUT2D eigenvalue weighted by Crippen LogP contribution is 2.55. The largest absolute Gasteiger partial charge is 0.0619 e. The van der Waals surface area contributed by atoms with E-state index < -0.39 is 0 Å². The van der Waals surface area contributed by atoms with Gasteiger partial charge in [0.05, 0.1) is 0 Å². The fourth-order valence-corrected chi connectivity index (χ4v) is 20.5. The molecule has 3 aliphatic rings. The van der Waals surface area contributed by atoms with Gasteiger partial charge in [0.1, 0.15) is 0 Å². The Balaban J connectivity index is 0.000000103. The quantitative estimate of drug-likeness (QED) is 0.155. The standard InChI is InChI=1S/C41H28.C37H26.C33H24/c1-41(2)37-18-10-9-15-30(37)31-21-20-26(23-38(31)41)35-24-36-29-14-6-8-17-33(29)39-27-12-4-3-11-25(27)19-22-34(39)40(36)32-16-7-5-13-28(32)35;1-37(2)34-18-10-9-15-28(34)29-20-19-23(21-35(29)37)32-22-33-26-13-4-3-11-24(26)25-12-5-7-16-30(25)36(33)31-17-8-6-14-27(31)32;1-33(2)31-14-8-7-13-27(31)28-18-16-22(19-32(28)33)29-20-30-23-10-4-3-9-21(23)15-17-26(30)24-11-5-6-12-25(24)29/h3-24H,1-2H3;3-22H,1-2H3;3-20H,1-2H3. The zero-order valence-corrected chi connectivity index (χ0v) is 63.1. The Hall–Kier alpha value is -13.3. The van der Waals surface area contributed by atoms with Gasteiger partial charge in [0.2, 0.25) is 0 Å². The van der Waals surface area contributed by atoms with Crippen molar-refractivity contribution in [3.05, 3.63) is 397 Å². The Morgan fingerprint density at radius 2 is 0.378 bits per heavy atom. The lowest BCUT2D eigenvalue weighted by molar-refractivity contribution is 0.660. The van der Waals surface area contributed by atoms with Crippen molar-refractivity contribution in [2.75, 3.05) is 0 Å². The Labute approximate surface area is 646 Å². The molecule has 24 rings (SSSR count). The fraction of sp³-hybridized carbons (Fsp3) is 0.0811. The van der Waals surface area contributed by atoms with E-state index in [1.165, 1.54) is 229 Å². The molecular weight excluding hydrogens is 1330 g/mol. The van der Waals surface area contributed by atoms with Crippen LogP contribution in [0.4, 0.5) is 0 Å². The summed E-state index contributed by atoms with van der Waals surface area (Å²) in [5.74, 6) is 0. The van der Waals surface area contributed by atoms with Crippen LogP contribution in [0.5, 0.6) is 0 Å². The number of hydrogen-bond acceptors (Lipinski definition) is 0. The van der Waals surface area contributed by atoms with Gasteiger partial charge in [-0.05, 0) is 266 Å². The van der Waals surface area contributed by atoms with Gasteiger partial charge >= 0.3 is 0 Å². The lowest BCUT2D eigenvalue weighted by Gasteiger charge is -2.22. The maximum absolute atomic E-state index is 2.46. The van der Waals surface area contributed by atoms with Crippen molar-refractivity contribution in [2.45, 2.75) is 57.8 Å². The van der Waals surface area contributed by atoms with E-state index >= 15 is 0 Å². The minimum absolute atomic E-state index is 0.00128. The SMILES string of the molecule is CC1(C)c2ccccc2-c2ccc(-c3cc4c5ccccc5c5c6ccccc6ccc5c4c4ccccc34)cc21.CC1(C)c2ccccc2-c2ccc(-c3cc4c5ccccc5c5ccccc5c4c4ccccc34)cc21.CC1(C)c2ccccc2-c2ccc(-c3cc4c5ccccc5ccc4c4ccccc34)cc21. The van der Waals surface area contributed by atoms with Crippen molar-refractivity contribution in [3.8, 4) is 66.8 Å². The number of benzene rings is 21. The minimum atomic E-state index is -0.0292. The smallest absolute Gasteiger partial charge is 0.0159 e. The van der Waals surface area contributed by atoms with Crippen LogP contribution in [0.1, 0.15) is 74.9 Å². The molecule has 0 spiro atoms. The van der Waals surface area contributed by atoms with Gasteiger partial charge in [0.15, 0.2) is 0 Å². The molecule has 0 atom stereocenters. The molecule has 0 saturated heterocycles. The van der Waals surface area contributed by atoms with Crippen LogP contribution >= 0.6 is 0 Å². The molecule has 0 heterocycles. The molecule has 522 valence electrons. The molecule has 0 aliphatic heterocycles. The maximum atomic E-state index is 2.46. The van der Waals surface area contributed by atoms with E-state index in [1.807, 2.05) is 0 Å². The second-order valence-corrected chi connectivity index (χ2v) is 32.8. The maximum Gasteiger partial charge on any atom is 0.0159 e. The molecular formula is C111H78. The second kappa shape index (κ2) is 24.4. The zero-order chi connectivity index (χ0) is 74.2. The highest BCUT2D eigenvalue weighted by molar-refractivity contribution is 6.37. The van der Waals surface area contributed by atoms with Crippen molar-refractivity contribution in [1.82, 2.24) is 0 Å². The summed E-state index contributed by atoms with van der Waals surface area (Å²) in [6, 6.07) is 135. The molecule has 0 N–H and O–H groups in total. The van der Waals surface area contributed by atoms with E-state index in [0.717, 1.165) is 0 Å². The van der Waals surface area contributed by atoms with Crippen molar-refractivity contribution < 1.29 is 0 Å². The molecule has 0 fully saturated rings. The fourth-order valence-electron chi connectivity index (χ4n) is 20.5. The average Bonchev–Trinajstić information content (AvgIpc) is 1.60. The van der Waals surface area contributed by atoms with E-state index in [4.69, 9.17) is 0 Å². The Kier molecular flexibility index (Phi) is 14.2. The van der Waals surface area contributed by atoms with Crippen LogP contribution in [0.15, 0.2) is 364 Å². The molecule has 0 bridgehead atoms. The lowest BCUT2D eigenvalue weighted by Crippen LogP contribution is -2.14. The van der Waals surface area contributed by atoms with Gasteiger partial charge in [-0.1, -0.05) is 369 Å². The van der Waals surface area contributed by atoms with Crippen LogP contribution in [0.3, 0.4) is 0 Å². The van der Waals surface area contributed by atoms with E-state index in [-0.39, 0.29) is 16.2 Å². The summed E-state index contributed by atoms with van der Waals surface area (Å²) < 4.78 is 0. The second-order valence-electron chi connectivity index (χ2n) is 32.8. The Bertz CT molecular complexity index is 7600. The van der Waals surface area contributed by atoms with Crippen LogP contribution in [0, 0.1) is 0 Å². The van der Waals surface area contributed by atoms with Crippen LogP contribution < -0.4 is 0 Å². The normalized spacial score (nSPS) is 13.9. The molecule has 21 aromatic carbocycles. The van der Waals surface area contributed by atoms with E-state index in [1.54, 1.807) is 0 Å². The molecule has 0 amide bonds. The van der Waals surface area contributed by atoms with Gasteiger partial charge in [-0.15, -0.1) is 0 Å². The summed E-state index contributed by atoms with van der Waals surface area (Å²) in [4.78, 5) is 0. The zero-order valence-electron chi connectivity index (χ0n) is 63.1. The number of rotatable bonds is 3.